The molecule has 0 spiro atoms. The molecule has 0 N–H and O–H groups in total. The van der Waals surface area contributed by atoms with Crippen molar-refractivity contribution in [2.75, 3.05) is 19.9 Å². The lowest BCUT2D eigenvalue weighted by molar-refractivity contribution is -0.215. The van der Waals surface area contributed by atoms with E-state index in [9.17, 15) is 35.1 Å². The number of ether oxygens (including phenoxy) is 4. The maximum Gasteiger partial charge on any atom is 0.432 e. The molecule has 0 radical (unpaired) electrons. The van der Waals surface area contributed by atoms with Crippen molar-refractivity contribution in [3.05, 3.63) is 71.1 Å². The van der Waals surface area contributed by atoms with Crippen LogP contribution >= 0.6 is 0 Å². The standard InChI is InChI=1S/C28H28F8O4/c29-10-2-1-3-16-4-6-17(7-5-16)19-14-37-26(38-15-19)18-11-22(31)25(23(32)12-18)28(35,36)40-20-8-9-24(21(30)13-20)39-27(33)34/h1,3,8-9,11-13,16-17,19,26-27H,2,4-7,10,14-15H2/b3-1+. The summed E-state index contributed by atoms with van der Waals surface area (Å²) >= 11 is 0. The van der Waals surface area contributed by atoms with Gasteiger partial charge in [-0.25, -0.2) is 13.2 Å². The van der Waals surface area contributed by atoms with E-state index in [2.05, 4.69) is 15.5 Å². The molecule has 4 rings (SSSR count). The number of halogens is 8. The molecular weight excluding hydrogens is 552 g/mol. The number of alkyl halides is 5. The molecule has 0 unspecified atom stereocenters. The minimum Gasteiger partial charge on any atom is -0.432 e. The quantitative estimate of drug-likeness (QED) is 0.210. The smallest absolute Gasteiger partial charge is 0.432 e. The molecule has 1 aliphatic carbocycles. The van der Waals surface area contributed by atoms with Crippen molar-refractivity contribution in [2.24, 2.45) is 17.8 Å². The van der Waals surface area contributed by atoms with E-state index in [1.54, 1.807) is 0 Å². The van der Waals surface area contributed by atoms with E-state index in [1.165, 1.54) is 0 Å². The average molecular weight is 581 g/mol. The van der Waals surface area contributed by atoms with Crippen LogP contribution in [0.15, 0.2) is 42.5 Å². The Morgan fingerprint density at radius 3 is 2.12 bits per heavy atom. The van der Waals surface area contributed by atoms with E-state index in [-0.39, 0.29) is 31.4 Å². The molecule has 0 aromatic heterocycles. The molecule has 2 aliphatic rings. The van der Waals surface area contributed by atoms with E-state index < -0.39 is 53.5 Å². The zero-order valence-corrected chi connectivity index (χ0v) is 21.2. The van der Waals surface area contributed by atoms with Gasteiger partial charge < -0.3 is 18.9 Å². The summed E-state index contributed by atoms with van der Waals surface area (Å²) in [6.45, 7) is -3.21. The first kappa shape index (κ1) is 30.1. The van der Waals surface area contributed by atoms with Crippen molar-refractivity contribution in [1.82, 2.24) is 0 Å². The third kappa shape index (κ3) is 7.45. The van der Waals surface area contributed by atoms with Gasteiger partial charge in [0, 0.05) is 17.5 Å². The highest BCUT2D eigenvalue weighted by Crippen LogP contribution is 2.40. The van der Waals surface area contributed by atoms with Crippen molar-refractivity contribution >= 4 is 0 Å². The van der Waals surface area contributed by atoms with Crippen LogP contribution in [-0.2, 0) is 15.6 Å². The van der Waals surface area contributed by atoms with Gasteiger partial charge in [0.25, 0.3) is 0 Å². The van der Waals surface area contributed by atoms with Crippen LogP contribution in [0.4, 0.5) is 35.1 Å². The lowest BCUT2D eigenvalue weighted by Crippen LogP contribution is -2.34. The minimum absolute atomic E-state index is 0.0663. The van der Waals surface area contributed by atoms with Gasteiger partial charge in [-0.3, -0.25) is 4.39 Å². The van der Waals surface area contributed by atoms with Crippen LogP contribution in [0.3, 0.4) is 0 Å². The fourth-order valence-electron chi connectivity index (χ4n) is 5.09. The van der Waals surface area contributed by atoms with Crippen LogP contribution < -0.4 is 9.47 Å². The Labute approximate surface area is 225 Å². The van der Waals surface area contributed by atoms with Gasteiger partial charge in [-0.15, -0.1) is 0 Å². The molecule has 12 heteroatoms. The average Bonchev–Trinajstić information content (AvgIpc) is 2.90. The third-order valence-electron chi connectivity index (χ3n) is 7.08. The zero-order valence-electron chi connectivity index (χ0n) is 21.2. The molecule has 40 heavy (non-hydrogen) atoms. The van der Waals surface area contributed by atoms with Crippen molar-refractivity contribution in [3.8, 4) is 11.5 Å². The molecule has 0 bridgehead atoms. The van der Waals surface area contributed by atoms with Crippen LogP contribution in [0, 0.1) is 35.2 Å². The molecule has 1 saturated heterocycles. The Morgan fingerprint density at radius 2 is 1.55 bits per heavy atom. The van der Waals surface area contributed by atoms with Gasteiger partial charge in [0.15, 0.2) is 17.9 Å². The zero-order chi connectivity index (χ0) is 28.9. The largest absolute Gasteiger partial charge is 0.432 e. The summed E-state index contributed by atoms with van der Waals surface area (Å²) in [6, 6.07) is 2.93. The Bertz CT molecular complexity index is 1140. The summed E-state index contributed by atoms with van der Waals surface area (Å²) in [7, 11) is 0. The van der Waals surface area contributed by atoms with E-state index in [4.69, 9.17) is 9.47 Å². The Morgan fingerprint density at radius 1 is 0.900 bits per heavy atom. The molecule has 220 valence electrons. The molecular formula is C28H28F8O4. The maximum absolute atomic E-state index is 14.8. The molecule has 1 aliphatic heterocycles. The molecule has 0 amide bonds. The van der Waals surface area contributed by atoms with Crippen molar-refractivity contribution < 1.29 is 54.1 Å². The van der Waals surface area contributed by atoms with E-state index >= 15 is 0 Å². The molecule has 2 fully saturated rings. The first-order chi connectivity index (χ1) is 19.1. The number of allylic oxidation sites excluding steroid dienone is 2. The van der Waals surface area contributed by atoms with E-state index in [1.807, 2.05) is 6.08 Å². The van der Waals surface area contributed by atoms with Crippen LogP contribution in [0.5, 0.6) is 11.5 Å². The second kappa shape index (κ2) is 13.2. The maximum atomic E-state index is 14.8. The fourth-order valence-corrected chi connectivity index (χ4v) is 5.09. The lowest BCUT2D eigenvalue weighted by Gasteiger charge is -2.37. The fraction of sp³-hybridized carbons (Fsp3) is 0.500. The van der Waals surface area contributed by atoms with Crippen molar-refractivity contribution in [3.63, 3.8) is 0 Å². The van der Waals surface area contributed by atoms with Gasteiger partial charge >= 0.3 is 12.7 Å². The van der Waals surface area contributed by atoms with Gasteiger partial charge in [0.1, 0.15) is 22.9 Å². The van der Waals surface area contributed by atoms with Crippen molar-refractivity contribution in [2.45, 2.75) is 51.1 Å². The summed E-state index contributed by atoms with van der Waals surface area (Å²) in [5.41, 5.74) is -1.87. The van der Waals surface area contributed by atoms with Crippen LogP contribution in [0.25, 0.3) is 0 Å². The first-order valence-corrected chi connectivity index (χ1v) is 12.8. The highest BCUT2D eigenvalue weighted by Gasteiger charge is 2.42. The van der Waals surface area contributed by atoms with Gasteiger partial charge in [-0.2, -0.15) is 17.6 Å². The monoisotopic (exact) mass is 580 g/mol. The molecule has 1 saturated carbocycles. The summed E-state index contributed by atoms with van der Waals surface area (Å²) in [5.74, 6) is -5.72. The highest BCUT2D eigenvalue weighted by molar-refractivity contribution is 5.35. The predicted molar refractivity (Wildman–Crippen MR) is 127 cm³/mol. The Balaban J connectivity index is 1.36. The van der Waals surface area contributed by atoms with E-state index in [0.717, 1.165) is 25.7 Å². The first-order valence-electron chi connectivity index (χ1n) is 12.8. The second-order valence-corrected chi connectivity index (χ2v) is 9.79. The van der Waals surface area contributed by atoms with Crippen LogP contribution in [0.2, 0.25) is 0 Å². The summed E-state index contributed by atoms with van der Waals surface area (Å²) < 4.78 is 129. The molecule has 2 aromatic carbocycles. The molecule has 2 aromatic rings. The predicted octanol–water partition coefficient (Wildman–Crippen LogP) is 8.22. The number of rotatable bonds is 10. The second-order valence-electron chi connectivity index (χ2n) is 9.79. The number of benzene rings is 2. The molecule has 1 heterocycles. The van der Waals surface area contributed by atoms with Gasteiger partial charge in [0.05, 0.1) is 19.9 Å². The van der Waals surface area contributed by atoms with Gasteiger partial charge in [-0.1, -0.05) is 12.2 Å². The topological polar surface area (TPSA) is 36.9 Å². The van der Waals surface area contributed by atoms with Crippen LogP contribution in [-0.4, -0.2) is 26.5 Å². The van der Waals surface area contributed by atoms with Crippen LogP contribution in [0.1, 0.15) is 49.5 Å². The lowest BCUT2D eigenvalue weighted by atomic mass is 9.76. The Kier molecular flexibility index (Phi) is 9.94. The number of hydrogen-bond acceptors (Lipinski definition) is 4. The van der Waals surface area contributed by atoms with Gasteiger partial charge in [0.2, 0.25) is 0 Å². The van der Waals surface area contributed by atoms with Gasteiger partial charge in [-0.05, 0) is 68.2 Å². The normalized spacial score (nSPS) is 24.0. The molecule has 4 nitrogen and oxygen atoms in total. The Hall–Kier alpha value is -2.86. The van der Waals surface area contributed by atoms with Crippen molar-refractivity contribution in [1.29, 1.82) is 0 Å². The number of hydrogen-bond donors (Lipinski definition) is 0. The SMILES string of the molecule is FCC/C=C/C1CCC(C2COC(c3cc(F)c(C(F)(F)Oc4ccc(OC(F)F)c(F)c4)c(F)c3)OC2)CC1. The summed E-state index contributed by atoms with van der Waals surface area (Å²) in [4.78, 5) is 0. The highest BCUT2D eigenvalue weighted by atomic mass is 19.3. The van der Waals surface area contributed by atoms with E-state index in [0.29, 0.717) is 48.6 Å². The summed E-state index contributed by atoms with van der Waals surface area (Å²) in [5, 5.41) is 0. The third-order valence-corrected chi connectivity index (χ3v) is 7.08. The minimum atomic E-state index is -4.58. The summed E-state index contributed by atoms with van der Waals surface area (Å²) in [6.07, 6.45) is 2.37. The molecule has 0 atom stereocenters.